The van der Waals surface area contributed by atoms with Gasteiger partial charge in [0, 0.05) is 0 Å². The van der Waals surface area contributed by atoms with Gasteiger partial charge in [0.1, 0.15) is 12.7 Å². The first-order valence-corrected chi connectivity index (χ1v) is 6.11. The zero-order valence-electron chi connectivity index (χ0n) is 11.0. The predicted octanol–water partition coefficient (Wildman–Crippen LogP) is 0.585. The number of fused-ring (bicyclic) bond motifs is 1. The second kappa shape index (κ2) is 3.52. The van der Waals surface area contributed by atoms with Crippen LogP contribution in [0.2, 0.25) is 0 Å². The molecule has 0 bridgehead atoms. The minimum Gasteiger partial charge on any atom is -0.344 e. The molecule has 1 spiro atoms. The fourth-order valence-electron chi connectivity index (χ4n) is 2.60. The Kier molecular flexibility index (Phi) is 2.44. The molecule has 0 aromatic heterocycles. The maximum atomic E-state index is 12.5. The van der Waals surface area contributed by atoms with Gasteiger partial charge in [-0.05, 0) is 27.7 Å². The molecule has 0 aromatic rings. The maximum Gasteiger partial charge on any atom is 0.258 e. The summed E-state index contributed by atoms with van der Waals surface area (Å²) >= 11 is 0. The fourth-order valence-corrected chi connectivity index (χ4v) is 2.60. The first kappa shape index (κ1) is 12.5. The van der Waals surface area contributed by atoms with Crippen molar-refractivity contribution in [1.82, 2.24) is 0 Å². The van der Waals surface area contributed by atoms with Crippen LogP contribution in [-0.2, 0) is 28.5 Å². The van der Waals surface area contributed by atoms with Gasteiger partial charge in [0.05, 0.1) is 6.61 Å². The third kappa shape index (κ3) is 1.80. The molecule has 0 unspecified atom stereocenters. The lowest BCUT2D eigenvalue weighted by Crippen LogP contribution is -2.58. The lowest BCUT2D eigenvalue weighted by molar-refractivity contribution is -0.263. The molecule has 6 nitrogen and oxygen atoms in total. The molecule has 0 aliphatic carbocycles. The molecular formula is C12H18O6. The molecule has 0 amide bonds. The Hall–Kier alpha value is -0.530. The molecule has 18 heavy (non-hydrogen) atoms. The maximum absolute atomic E-state index is 12.5. The van der Waals surface area contributed by atoms with Gasteiger partial charge in [-0.25, -0.2) is 0 Å². The van der Waals surface area contributed by atoms with Crippen molar-refractivity contribution in [2.24, 2.45) is 0 Å². The number of rotatable bonds is 0. The van der Waals surface area contributed by atoms with Crippen molar-refractivity contribution in [3.05, 3.63) is 0 Å². The van der Waals surface area contributed by atoms with Crippen LogP contribution in [0.15, 0.2) is 0 Å². The molecule has 6 heteroatoms. The van der Waals surface area contributed by atoms with Crippen LogP contribution in [0.1, 0.15) is 27.7 Å². The van der Waals surface area contributed by atoms with E-state index in [0.717, 1.165) is 0 Å². The van der Waals surface area contributed by atoms with Crippen molar-refractivity contribution < 1.29 is 28.5 Å². The van der Waals surface area contributed by atoms with Gasteiger partial charge in [0.15, 0.2) is 17.7 Å². The van der Waals surface area contributed by atoms with Crippen LogP contribution < -0.4 is 0 Å². The van der Waals surface area contributed by atoms with Gasteiger partial charge in [-0.3, -0.25) is 4.79 Å². The number of ether oxygens (including phenoxy) is 5. The fraction of sp³-hybridized carbons (Fsp3) is 0.917. The van der Waals surface area contributed by atoms with E-state index in [4.69, 9.17) is 23.7 Å². The molecule has 0 aromatic carbocycles. The van der Waals surface area contributed by atoms with Crippen LogP contribution in [0.4, 0.5) is 0 Å². The topological polar surface area (TPSA) is 63.2 Å². The summed E-state index contributed by atoms with van der Waals surface area (Å²) in [5.74, 6) is -3.18. The Bertz CT molecular complexity index is 388. The second-order valence-corrected chi connectivity index (χ2v) is 5.81. The molecule has 0 saturated carbocycles. The summed E-state index contributed by atoms with van der Waals surface area (Å²) in [6.45, 7) is 7.41. The van der Waals surface area contributed by atoms with E-state index in [9.17, 15) is 4.79 Å². The highest BCUT2D eigenvalue weighted by Gasteiger charge is 2.62. The summed E-state index contributed by atoms with van der Waals surface area (Å²) in [7, 11) is 0. The SMILES string of the molecule is CC1(C)O[C@@H]2C(=O)[C@]3(COC(C)(C)O3)OC[C@H]2O1. The van der Waals surface area contributed by atoms with Gasteiger partial charge in [0.2, 0.25) is 5.78 Å². The monoisotopic (exact) mass is 258 g/mol. The van der Waals surface area contributed by atoms with E-state index in [1.807, 2.05) is 0 Å². The van der Waals surface area contributed by atoms with Gasteiger partial charge in [-0.1, -0.05) is 0 Å². The highest BCUT2D eigenvalue weighted by molar-refractivity contribution is 5.92. The molecule has 0 radical (unpaired) electrons. The Labute approximate surface area is 105 Å². The number of ketones is 1. The third-order valence-corrected chi connectivity index (χ3v) is 3.32. The molecule has 3 aliphatic rings. The van der Waals surface area contributed by atoms with E-state index < -0.39 is 23.5 Å². The second-order valence-electron chi connectivity index (χ2n) is 5.81. The van der Waals surface area contributed by atoms with E-state index in [0.29, 0.717) is 0 Å². The Morgan fingerprint density at radius 2 is 1.78 bits per heavy atom. The molecular weight excluding hydrogens is 240 g/mol. The standard InChI is InChI=1S/C12H18O6/c1-10(2)15-6-12(18-10)9(13)8-7(5-14-12)16-11(3,4)17-8/h7-8H,5-6H2,1-4H3/t7-,8+,12-/m1/s1. The predicted molar refractivity (Wildman–Crippen MR) is 58.6 cm³/mol. The first-order chi connectivity index (χ1) is 8.23. The van der Waals surface area contributed by atoms with Gasteiger partial charge in [-0.15, -0.1) is 0 Å². The minimum atomic E-state index is -1.34. The van der Waals surface area contributed by atoms with Crippen LogP contribution >= 0.6 is 0 Å². The molecule has 3 atom stereocenters. The largest absolute Gasteiger partial charge is 0.344 e. The molecule has 3 aliphatic heterocycles. The Morgan fingerprint density at radius 3 is 2.39 bits per heavy atom. The molecule has 3 rings (SSSR count). The van der Waals surface area contributed by atoms with Crippen molar-refractivity contribution in [3.8, 4) is 0 Å². The third-order valence-electron chi connectivity index (χ3n) is 3.32. The molecule has 102 valence electrons. The zero-order chi connectivity index (χ0) is 13.2. The highest BCUT2D eigenvalue weighted by Crippen LogP contribution is 2.41. The van der Waals surface area contributed by atoms with Gasteiger partial charge in [-0.2, -0.15) is 0 Å². The lowest BCUT2D eigenvalue weighted by atomic mass is 9.99. The van der Waals surface area contributed by atoms with Crippen LogP contribution in [0, 0.1) is 0 Å². The van der Waals surface area contributed by atoms with Gasteiger partial charge >= 0.3 is 0 Å². The first-order valence-electron chi connectivity index (χ1n) is 6.11. The van der Waals surface area contributed by atoms with Gasteiger partial charge < -0.3 is 23.7 Å². The van der Waals surface area contributed by atoms with Crippen LogP contribution in [0.3, 0.4) is 0 Å². The average molecular weight is 258 g/mol. The van der Waals surface area contributed by atoms with Crippen LogP contribution in [0.5, 0.6) is 0 Å². The minimum absolute atomic E-state index is 0.0891. The van der Waals surface area contributed by atoms with Crippen LogP contribution in [-0.4, -0.2) is 48.6 Å². The summed E-state index contributed by atoms with van der Waals surface area (Å²) in [5, 5.41) is 0. The number of Topliss-reactive ketones (excluding diaryl/α,β-unsaturated/α-hetero) is 1. The summed E-state index contributed by atoms with van der Waals surface area (Å²) < 4.78 is 27.9. The smallest absolute Gasteiger partial charge is 0.258 e. The van der Waals surface area contributed by atoms with Crippen molar-refractivity contribution in [3.63, 3.8) is 0 Å². The lowest BCUT2D eigenvalue weighted by Gasteiger charge is -2.35. The van der Waals surface area contributed by atoms with E-state index in [-0.39, 0.29) is 25.1 Å². The molecule has 3 saturated heterocycles. The van der Waals surface area contributed by atoms with Crippen LogP contribution in [0.25, 0.3) is 0 Å². The summed E-state index contributed by atoms with van der Waals surface area (Å²) in [6, 6.07) is 0. The highest BCUT2D eigenvalue weighted by atomic mass is 16.8. The van der Waals surface area contributed by atoms with Crippen molar-refractivity contribution in [2.45, 2.75) is 57.3 Å². The number of carbonyl (C=O) groups is 1. The quantitative estimate of drug-likeness (QED) is 0.633. The normalized spacial score (nSPS) is 45.4. The Morgan fingerprint density at radius 1 is 1.06 bits per heavy atom. The van der Waals surface area contributed by atoms with E-state index in [1.165, 1.54) is 0 Å². The summed E-state index contributed by atoms with van der Waals surface area (Å²) in [6.07, 6.45) is -1.02. The molecule has 0 N–H and O–H groups in total. The number of carbonyl (C=O) groups excluding carboxylic acids is 1. The van der Waals surface area contributed by atoms with Crippen molar-refractivity contribution in [2.75, 3.05) is 13.2 Å². The van der Waals surface area contributed by atoms with Crippen molar-refractivity contribution >= 4 is 5.78 Å². The van der Waals surface area contributed by atoms with E-state index in [2.05, 4.69) is 0 Å². The average Bonchev–Trinajstić information content (AvgIpc) is 2.71. The molecule has 3 heterocycles. The number of hydrogen-bond donors (Lipinski definition) is 0. The van der Waals surface area contributed by atoms with Gasteiger partial charge in [0.25, 0.3) is 5.79 Å². The summed E-state index contributed by atoms with van der Waals surface area (Å²) in [5.41, 5.74) is 0. The number of hydrogen-bond acceptors (Lipinski definition) is 6. The Balaban J connectivity index is 1.84. The molecule has 3 fully saturated rings. The van der Waals surface area contributed by atoms with Crippen molar-refractivity contribution in [1.29, 1.82) is 0 Å². The van der Waals surface area contributed by atoms with E-state index in [1.54, 1.807) is 27.7 Å². The summed E-state index contributed by atoms with van der Waals surface area (Å²) in [4.78, 5) is 12.5. The van der Waals surface area contributed by atoms with E-state index >= 15 is 0 Å². The zero-order valence-corrected chi connectivity index (χ0v) is 11.0.